The third kappa shape index (κ3) is 5.97. The molecule has 3 rings (SSSR count). The third-order valence-corrected chi connectivity index (χ3v) is 6.46. The van der Waals surface area contributed by atoms with Gasteiger partial charge < -0.3 is 75.0 Å². The van der Waals surface area contributed by atoms with Crippen LogP contribution in [0, 0.1) is 0 Å². The van der Waals surface area contributed by atoms with Gasteiger partial charge in [-0.1, -0.05) is 0 Å². The van der Waals surface area contributed by atoms with Crippen molar-refractivity contribution in [1.82, 2.24) is 5.32 Å². The lowest BCUT2D eigenvalue weighted by molar-refractivity contribution is -0.380. The fraction of sp³-hybridized carbons (Fsp3) is 0.950. The summed E-state index contributed by atoms with van der Waals surface area (Å²) in [6, 6.07) is -1.39. The summed E-state index contributed by atoms with van der Waals surface area (Å²) < 4.78 is 27.4. The van der Waals surface area contributed by atoms with Crippen LogP contribution in [-0.2, 0) is 28.5 Å². The Labute approximate surface area is 205 Å². The summed E-state index contributed by atoms with van der Waals surface area (Å²) in [6.07, 6.45) is -22.2. The molecule has 1 amide bonds. The summed E-state index contributed by atoms with van der Waals surface area (Å²) in [6.45, 7) is 1.00. The molecule has 0 aliphatic carbocycles. The Hall–Kier alpha value is -1.09. The summed E-state index contributed by atoms with van der Waals surface area (Å²) in [5.41, 5.74) is 0. The highest BCUT2D eigenvalue weighted by Crippen LogP contribution is 2.32. The number of carbonyl (C=O) groups is 1. The topological polar surface area (TPSA) is 257 Å². The molecule has 0 radical (unpaired) electrons. The first kappa shape index (κ1) is 29.5. The molecule has 36 heavy (non-hydrogen) atoms. The predicted octanol–water partition coefficient (Wildman–Crippen LogP) is -6.40. The van der Waals surface area contributed by atoms with Crippen molar-refractivity contribution in [2.24, 2.45) is 0 Å². The SMILES string of the molecule is CC(=O)N[C@@H]1[C@@H](O[C@H]2O[C@H](CO)[C@H](O)[C@H](O)[C@H]2O[C@@H]2O[C@@H](C)[C@H](O)[C@@H](O)[C@H]2O)[C@H](O)[C@@H](CO)O[C@H]1O. The minimum absolute atomic E-state index is 0.632. The van der Waals surface area contributed by atoms with Crippen molar-refractivity contribution >= 4 is 5.91 Å². The van der Waals surface area contributed by atoms with Gasteiger partial charge in [0, 0.05) is 6.92 Å². The van der Waals surface area contributed by atoms with Crippen molar-refractivity contribution in [3.05, 3.63) is 0 Å². The Morgan fingerprint density at radius 3 is 1.89 bits per heavy atom. The minimum atomic E-state index is -1.83. The zero-order valence-corrected chi connectivity index (χ0v) is 19.5. The largest absolute Gasteiger partial charge is 0.394 e. The molecule has 16 heteroatoms. The third-order valence-electron chi connectivity index (χ3n) is 6.46. The van der Waals surface area contributed by atoms with Crippen molar-refractivity contribution in [2.75, 3.05) is 13.2 Å². The van der Waals surface area contributed by atoms with E-state index < -0.39 is 111 Å². The second kappa shape index (κ2) is 12.2. The molecular formula is C20H35NO15. The molecule has 15 atom stereocenters. The van der Waals surface area contributed by atoms with E-state index in [4.69, 9.17) is 23.7 Å². The molecule has 3 aliphatic heterocycles. The van der Waals surface area contributed by atoms with Crippen LogP contribution in [0.3, 0.4) is 0 Å². The maximum atomic E-state index is 11.7. The Bertz CT molecular complexity index is 731. The van der Waals surface area contributed by atoms with Gasteiger partial charge >= 0.3 is 0 Å². The number of carbonyl (C=O) groups excluding carboxylic acids is 1. The van der Waals surface area contributed by atoms with Crippen LogP contribution in [0.2, 0.25) is 0 Å². The van der Waals surface area contributed by atoms with Crippen molar-refractivity contribution in [3.8, 4) is 0 Å². The lowest BCUT2D eigenvalue weighted by Gasteiger charge is -2.48. The van der Waals surface area contributed by atoms with Gasteiger partial charge in [-0.3, -0.25) is 4.79 Å². The van der Waals surface area contributed by atoms with Gasteiger partial charge in [-0.2, -0.15) is 0 Å². The lowest BCUT2D eigenvalue weighted by atomic mass is 9.95. The van der Waals surface area contributed by atoms with E-state index in [0.717, 1.165) is 6.92 Å². The second-order valence-corrected chi connectivity index (χ2v) is 9.05. The maximum absolute atomic E-state index is 11.7. The lowest BCUT2D eigenvalue weighted by Crippen LogP contribution is -2.68. The van der Waals surface area contributed by atoms with Crippen LogP contribution in [0.15, 0.2) is 0 Å². The molecule has 10 N–H and O–H groups in total. The number of ether oxygens (including phenoxy) is 5. The average molecular weight is 529 g/mol. The van der Waals surface area contributed by atoms with E-state index in [-0.39, 0.29) is 0 Å². The highest BCUT2D eigenvalue weighted by molar-refractivity contribution is 5.73. The fourth-order valence-electron chi connectivity index (χ4n) is 4.38. The zero-order chi connectivity index (χ0) is 26.9. The number of aliphatic hydroxyl groups excluding tert-OH is 9. The summed E-state index contributed by atoms with van der Waals surface area (Å²) in [5.74, 6) is -0.632. The van der Waals surface area contributed by atoms with Gasteiger partial charge in [0.05, 0.1) is 19.3 Å². The fourth-order valence-corrected chi connectivity index (χ4v) is 4.38. The van der Waals surface area contributed by atoms with Crippen molar-refractivity contribution < 1.29 is 74.4 Å². The Kier molecular flexibility index (Phi) is 9.97. The van der Waals surface area contributed by atoms with E-state index in [0.29, 0.717) is 0 Å². The van der Waals surface area contributed by atoms with Crippen LogP contribution < -0.4 is 5.32 Å². The standard InChI is InChI=1S/C20H35NO15/c1-5-10(25)13(28)15(30)19(32-5)36-17-14(29)11(26)7(3-22)34-20(17)35-16-9(21-6(2)24)18(31)33-8(4-23)12(16)27/h5,7-20,22-23,25-31H,3-4H2,1-2H3,(H,21,24)/t5-,7+,8+,9+,10-,11-,12+,13+,14-,15+,16+,17+,18+,19-,20+/m0/s1. The Morgan fingerprint density at radius 1 is 0.722 bits per heavy atom. The van der Waals surface area contributed by atoms with Gasteiger partial charge in [0.25, 0.3) is 0 Å². The summed E-state index contributed by atoms with van der Waals surface area (Å²) in [5, 5.41) is 93.8. The summed E-state index contributed by atoms with van der Waals surface area (Å²) in [4.78, 5) is 11.7. The number of nitrogens with one attached hydrogen (secondary N) is 1. The molecule has 0 bridgehead atoms. The van der Waals surface area contributed by atoms with E-state index in [1.807, 2.05) is 0 Å². The van der Waals surface area contributed by atoms with E-state index in [2.05, 4.69) is 5.32 Å². The van der Waals surface area contributed by atoms with E-state index >= 15 is 0 Å². The van der Waals surface area contributed by atoms with Gasteiger partial charge in [0.2, 0.25) is 5.91 Å². The van der Waals surface area contributed by atoms with Gasteiger partial charge in [0.1, 0.15) is 67.1 Å². The van der Waals surface area contributed by atoms with Crippen LogP contribution in [0.5, 0.6) is 0 Å². The van der Waals surface area contributed by atoms with Crippen LogP contribution in [0.4, 0.5) is 0 Å². The van der Waals surface area contributed by atoms with Crippen molar-refractivity contribution in [3.63, 3.8) is 0 Å². The molecule has 0 unspecified atom stereocenters. The minimum Gasteiger partial charge on any atom is -0.394 e. The van der Waals surface area contributed by atoms with Gasteiger partial charge in [-0.15, -0.1) is 0 Å². The molecule has 3 saturated heterocycles. The van der Waals surface area contributed by atoms with Crippen molar-refractivity contribution in [2.45, 2.75) is 106 Å². The molecular weight excluding hydrogens is 494 g/mol. The van der Waals surface area contributed by atoms with Gasteiger partial charge in [-0.25, -0.2) is 0 Å². The van der Waals surface area contributed by atoms with E-state index in [1.165, 1.54) is 6.92 Å². The van der Waals surface area contributed by atoms with Crippen LogP contribution in [0.25, 0.3) is 0 Å². The van der Waals surface area contributed by atoms with Crippen LogP contribution in [-0.4, -0.2) is 157 Å². The Morgan fingerprint density at radius 2 is 1.31 bits per heavy atom. The zero-order valence-electron chi connectivity index (χ0n) is 19.5. The molecule has 16 nitrogen and oxygen atoms in total. The predicted molar refractivity (Wildman–Crippen MR) is 111 cm³/mol. The van der Waals surface area contributed by atoms with Gasteiger partial charge in [0.15, 0.2) is 18.9 Å². The highest BCUT2D eigenvalue weighted by atomic mass is 16.8. The molecule has 210 valence electrons. The molecule has 0 aromatic carbocycles. The van der Waals surface area contributed by atoms with Crippen LogP contribution in [0.1, 0.15) is 13.8 Å². The number of hydrogen-bond acceptors (Lipinski definition) is 15. The number of rotatable bonds is 7. The monoisotopic (exact) mass is 529 g/mol. The molecule has 0 aromatic rings. The first-order valence-corrected chi connectivity index (χ1v) is 11.4. The van der Waals surface area contributed by atoms with Gasteiger partial charge in [-0.05, 0) is 6.92 Å². The Balaban J connectivity index is 1.89. The molecule has 3 heterocycles. The summed E-state index contributed by atoms with van der Waals surface area (Å²) in [7, 11) is 0. The number of amides is 1. The molecule has 3 aliphatic rings. The summed E-state index contributed by atoms with van der Waals surface area (Å²) >= 11 is 0. The second-order valence-electron chi connectivity index (χ2n) is 9.05. The first-order valence-electron chi connectivity index (χ1n) is 11.4. The van der Waals surface area contributed by atoms with Crippen molar-refractivity contribution in [1.29, 1.82) is 0 Å². The van der Waals surface area contributed by atoms with E-state index in [9.17, 15) is 50.8 Å². The molecule has 3 fully saturated rings. The molecule has 0 saturated carbocycles. The first-order chi connectivity index (χ1) is 16.9. The normalized spacial score (nSPS) is 50.0. The number of hydrogen-bond donors (Lipinski definition) is 10. The molecule has 0 spiro atoms. The molecule has 0 aromatic heterocycles. The number of aliphatic hydroxyl groups is 9. The smallest absolute Gasteiger partial charge is 0.217 e. The maximum Gasteiger partial charge on any atom is 0.217 e. The quantitative estimate of drug-likeness (QED) is 0.147. The highest BCUT2D eigenvalue weighted by Gasteiger charge is 2.53. The van der Waals surface area contributed by atoms with Crippen LogP contribution >= 0.6 is 0 Å². The van der Waals surface area contributed by atoms with E-state index in [1.54, 1.807) is 0 Å². The average Bonchev–Trinajstić information content (AvgIpc) is 2.83.